The quantitative estimate of drug-likeness (QED) is 0.756. The number of pyridine rings is 2. The van der Waals surface area contributed by atoms with Crippen molar-refractivity contribution in [1.29, 1.82) is 0 Å². The molecule has 0 aliphatic carbocycles. The van der Waals surface area contributed by atoms with E-state index in [0.29, 0.717) is 25.2 Å². The first-order chi connectivity index (χ1) is 11.6. The van der Waals surface area contributed by atoms with E-state index in [1.54, 1.807) is 12.4 Å². The van der Waals surface area contributed by atoms with Crippen LogP contribution in [0.5, 0.6) is 0 Å². The SMILES string of the molecule is Cc1c(-c2ccncc2)c2ccc(NC(=O)CCCN)nc2n1C. The van der Waals surface area contributed by atoms with Crippen molar-refractivity contribution in [3.05, 3.63) is 42.4 Å². The standard InChI is InChI=1S/C18H21N5O/c1-12-17(13-7-10-20-11-8-13)14-5-6-15(22-18(14)23(12)2)21-16(24)4-3-9-19/h5-8,10-11H,3-4,9,19H2,1-2H3,(H,21,22,24). The fourth-order valence-electron chi connectivity index (χ4n) is 2.84. The molecule has 3 heterocycles. The first-order valence-corrected chi connectivity index (χ1v) is 7.98. The summed E-state index contributed by atoms with van der Waals surface area (Å²) in [4.78, 5) is 20.6. The largest absolute Gasteiger partial charge is 0.332 e. The molecule has 0 bridgehead atoms. The van der Waals surface area contributed by atoms with Crippen LogP contribution in [-0.2, 0) is 11.8 Å². The first-order valence-electron chi connectivity index (χ1n) is 7.98. The Morgan fingerprint density at radius 2 is 2.00 bits per heavy atom. The molecule has 3 aromatic rings. The number of carbonyl (C=O) groups excluding carboxylic acids is 1. The molecule has 0 fully saturated rings. The Kier molecular flexibility index (Phi) is 4.57. The highest BCUT2D eigenvalue weighted by atomic mass is 16.1. The molecule has 0 saturated heterocycles. The minimum atomic E-state index is -0.0624. The molecule has 6 heteroatoms. The van der Waals surface area contributed by atoms with Gasteiger partial charge in [-0.1, -0.05) is 0 Å². The van der Waals surface area contributed by atoms with E-state index in [-0.39, 0.29) is 5.91 Å². The molecule has 1 amide bonds. The van der Waals surface area contributed by atoms with Gasteiger partial charge in [-0.2, -0.15) is 0 Å². The second-order valence-electron chi connectivity index (χ2n) is 5.76. The maximum atomic E-state index is 11.9. The first kappa shape index (κ1) is 16.1. The average Bonchev–Trinajstić information content (AvgIpc) is 2.85. The molecule has 6 nitrogen and oxygen atoms in total. The Hall–Kier alpha value is -2.73. The van der Waals surface area contributed by atoms with Crippen LogP contribution in [0.3, 0.4) is 0 Å². The van der Waals surface area contributed by atoms with Crippen LogP contribution in [0, 0.1) is 6.92 Å². The molecule has 0 aliphatic heterocycles. The number of amides is 1. The molecule has 0 unspecified atom stereocenters. The van der Waals surface area contributed by atoms with Crippen LogP contribution in [0.2, 0.25) is 0 Å². The van der Waals surface area contributed by atoms with Crippen molar-refractivity contribution in [1.82, 2.24) is 14.5 Å². The Balaban J connectivity index is 2.00. The number of hydrogen-bond acceptors (Lipinski definition) is 4. The lowest BCUT2D eigenvalue weighted by molar-refractivity contribution is -0.116. The zero-order valence-electron chi connectivity index (χ0n) is 13.9. The van der Waals surface area contributed by atoms with Crippen LogP contribution >= 0.6 is 0 Å². The number of aryl methyl sites for hydroxylation is 1. The fraction of sp³-hybridized carbons (Fsp3) is 0.278. The number of nitrogens with one attached hydrogen (secondary N) is 1. The van der Waals surface area contributed by atoms with Crippen LogP contribution in [0.1, 0.15) is 18.5 Å². The highest BCUT2D eigenvalue weighted by molar-refractivity contribution is 5.98. The summed E-state index contributed by atoms with van der Waals surface area (Å²) in [5.41, 5.74) is 9.65. The summed E-state index contributed by atoms with van der Waals surface area (Å²) >= 11 is 0. The molecule has 3 aromatic heterocycles. The van der Waals surface area contributed by atoms with Crippen molar-refractivity contribution < 1.29 is 4.79 Å². The van der Waals surface area contributed by atoms with Crippen LogP contribution in [-0.4, -0.2) is 27.0 Å². The number of rotatable bonds is 5. The van der Waals surface area contributed by atoms with E-state index in [1.807, 2.05) is 35.9 Å². The van der Waals surface area contributed by atoms with Gasteiger partial charge in [0.25, 0.3) is 0 Å². The number of nitrogens with zero attached hydrogens (tertiary/aromatic N) is 3. The van der Waals surface area contributed by atoms with E-state index in [0.717, 1.165) is 27.9 Å². The third-order valence-electron chi connectivity index (χ3n) is 4.17. The predicted octanol–water partition coefficient (Wildman–Crippen LogP) is 2.62. The van der Waals surface area contributed by atoms with Gasteiger partial charge in [0.2, 0.25) is 5.91 Å². The van der Waals surface area contributed by atoms with E-state index in [4.69, 9.17) is 5.73 Å². The molecule has 0 saturated carbocycles. The monoisotopic (exact) mass is 323 g/mol. The smallest absolute Gasteiger partial charge is 0.225 e. The second kappa shape index (κ2) is 6.80. The summed E-state index contributed by atoms with van der Waals surface area (Å²) in [6.07, 6.45) is 4.65. The second-order valence-corrected chi connectivity index (χ2v) is 5.76. The Morgan fingerprint density at radius 3 is 2.71 bits per heavy atom. The maximum Gasteiger partial charge on any atom is 0.225 e. The van der Waals surface area contributed by atoms with Gasteiger partial charge in [-0.3, -0.25) is 9.78 Å². The number of nitrogens with two attached hydrogens (primary N) is 1. The van der Waals surface area contributed by atoms with Crippen LogP contribution in [0.25, 0.3) is 22.2 Å². The van der Waals surface area contributed by atoms with Crippen molar-refractivity contribution in [3.63, 3.8) is 0 Å². The van der Waals surface area contributed by atoms with Gasteiger partial charge in [-0.05, 0) is 49.7 Å². The summed E-state index contributed by atoms with van der Waals surface area (Å²) in [6, 6.07) is 7.82. The van der Waals surface area contributed by atoms with E-state index in [9.17, 15) is 4.79 Å². The van der Waals surface area contributed by atoms with Gasteiger partial charge >= 0.3 is 0 Å². The van der Waals surface area contributed by atoms with Crippen molar-refractivity contribution in [2.45, 2.75) is 19.8 Å². The van der Waals surface area contributed by atoms with E-state index in [1.165, 1.54) is 0 Å². The summed E-state index contributed by atoms with van der Waals surface area (Å²) in [7, 11) is 1.98. The molecule has 3 rings (SSSR count). The lowest BCUT2D eigenvalue weighted by Gasteiger charge is -2.05. The molecule has 0 spiro atoms. The molecule has 0 atom stereocenters. The van der Waals surface area contributed by atoms with Crippen molar-refractivity contribution in [3.8, 4) is 11.1 Å². The molecule has 3 N–H and O–H groups in total. The van der Waals surface area contributed by atoms with Gasteiger partial charge in [0.15, 0.2) is 0 Å². The van der Waals surface area contributed by atoms with Crippen LogP contribution in [0.4, 0.5) is 5.82 Å². The molecule has 0 aliphatic rings. The zero-order valence-corrected chi connectivity index (χ0v) is 13.9. The maximum absolute atomic E-state index is 11.9. The number of hydrogen-bond donors (Lipinski definition) is 2. The minimum Gasteiger partial charge on any atom is -0.332 e. The molecular weight excluding hydrogens is 302 g/mol. The molecule has 0 aromatic carbocycles. The number of anilines is 1. The highest BCUT2D eigenvalue weighted by Crippen LogP contribution is 2.33. The summed E-state index contributed by atoms with van der Waals surface area (Å²) in [5.74, 6) is 0.499. The third-order valence-corrected chi connectivity index (χ3v) is 4.17. The van der Waals surface area contributed by atoms with Crippen LogP contribution in [0.15, 0.2) is 36.7 Å². The lowest BCUT2D eigenvalue weighted by atomic mass is 10.0. The van der Waals surface area contributed by atoms with Crippen LogP contribution < -0.4 is 11.1 Å². The van der Waals surface area contributed by atoms with Gasteiger partial charge in [0.05, 0.1) is 0 Å². The Bertz CT molecular complexity index is 870. The molecule has 0 radical (unpaired) electrons. The van der Waals surface area contributed by atoms with E-state index >= 15 is 0 Å². The molecule has 124 valence electrons. The van der Waals surface area contributed by atoms with Crippen molar-refractivity contribution in [2.24, 2.45) is 12.8 Å². The number of aromatic nitrogens is 3. The van der Waals surface area contributed by atoms with Gasteiger partial charge in [-0.25, -0.2) is 4.98 Å². The summed E-state index contributed by atoms with van der Waals surface area (Å²) < 4.78 is 2.04. The minimum absolute atomic E-state index is 0.0624. The van der Waals surface area contributed by atoms with E-state index in [2.05, 4.69) is 22.2 Å². The van der Waals surface area contributed by atoms with E-state index < -0.39 is 0 Å². The van der Waals surface area contributed by atoms with Gasteiger partial charge in [-0.15, -0.1) is 0 Å². The van der Waals surface area contributed by atoms with Gasteiger partial charge in [0.1, 0.15) is 11.5 Å². The Morgan fingerprint density at radius 1 is 1.25 bits per heavy atom. The van der Waals surface area contributed by atoms with Crippen molar-refractivity contribution in [2.75, 3.05) is 11.9 Å². The summed E-state index contributed by atoms with van der Waals surface area (Å²) in [6.45, 7) is 2.57. The van der Waals surface area contributed by atoms with Gasteiger partial charge < -0.3 is 15.6 Å². The summed E-state index contributed by atoms with van der Waals surface area (Å²) in [5, 5.41) is 3.89. The normalized spacial score (nSPS) is 11.0. The zero-order chi connectivity index (χ0) is 17.1. The fourth-order valence-corrected chi connectivity index (χ4v) is 2.84. The average molecular weight is 323 g/mol. The van der Waals surface area contributed by atoms with Crippen molar-refractivity contribution >= 4 is 22.8 Å². The molecule has 24 heavy (non-hydrogen) atoms. The Labute approximate surface area is 140 Å². The number of carbonyl (C=O) groups is 1. The highest BCUT2D eigenvalue weighted by Gasteiger charge is 2.15. The molecular formula is C18H21N5O. The number of fused-ring (bicyclic) bond motifs is 1. The predicted molar refractivity (Wildman–Crippen MR) is 95.6 cm³/mol. The lowest BCUT2D eigenvalue weighted by Crippen LogP contribution is -2.14. The third kappa shape index (κ3) is 3.00. The topological polar surface area (TPSA) is 85.8 Å². The van der Waals surface area contributed by atoms with Gasteiger partial charge in [0, 0.05) is 42.5 Å².